The van der Waals surface area contributed by atoms with Crippen molar-refractivity contribution in [3.63, 3.8) is 0 Å². The first-order valence-corrected chi connectivity index (χ1v) is 8.32. The van der Waals surface area contributed by atoms with Gasteiger partial charge in [0.15, 0.2) is 5.82 Å². The Hall–Kier alpha value is -3.55. The van der Waals surface area contributed by atoms with E-state index in [1.807, 2.05) is 54.0 Å². The highest BCUT2D eigenvalue weighted by Crippen LogP contribution is 2.17. The van der Waals surface area contributed by atoms with E-state index in [1.165, 1.54) is 0 Å². The third-order valence-corrected chi connectivity index (χ3v) is 4.00. The number of benzene rings is 1. The number of anilines is 1. The number of nitrogens with zero attached hydrogens (tertiary/aromatic N) is 5. The summed E-state index contributed by atoms with van der Waals surface area (Å²) >= 11 is 0. The Balaban J connectivity index is 1.52. The molecule has 0 saturated carbocycles. The van der Waals surface area contributed by atoms with Crippen LogP contribution in [-0.4, -0.2) is 35.6 Å². The van der Waals surface area contributed by atoms with Gasteiger partial charge in [-0.2, -0.15) is 4.98 Å². The van der Waals surface area contributed by atoms with Gasteiger partial charge in [-0.15, -0.1) is 5.10 Å². The number of imidazole rings is 1. The lowest BCUT2D eigenvalue weighted by Gasteiger charge is -2.07. The zero-order chi connectivity index (χ0) is 17.9. The number of pyridine rings is 1. The van der Waals surface area contributed by atoms with Crippen LogP contribution in [0.1, 0.15) is 12.7 Å². The number of para-hydroxylation sites is 2. The van der Waals surface area contributed by atoms with Crippen molar-refractivity contribution in [1.82, 2.24) is 29.7 Å². The zero-order valence-electron chi connectivity index (χ0n) is 14.2. The standard InChI is InChI=1S/C18H17N7O/c1-2-15-20-12-7-3-4-9-14(12)25(15)11-16(26)21-18-22-17(23-24-18)13-8-5-6-10-19-13/h3-10H,2,11H2,1H3,(H2,21,22,23,24,26). The van der Waals surface area contributed by atoms with Crippen molar-refractivity contribution in [1.29, 1.82) is 0 Å². The van der Waals surface area contributed by atoms with Crippen LogP contribution in [0.2, 0.25) is 0 Å². The van der Waals surface area contributed by atoms with Crippen LogP contribution >= 0.6 is 0 Å². The highest BCUT2D eigenvalue weighted by molar-refractivity contribution is 5.90. The summed E-state index contributed by atoms with van der Waals surface area (Å²) in [7, 11) is 0. The maximum atomic E-state index is 12.5. The second kappa shape index (κ2) is 6.75. The summed E-state index contributed by atoms with van der Waals surface area (Å²) in [6.45, 7) is 2.17. The van der Waals surface area contributed by atoms with Crippen molar-refractivity contribution in [2.24, 2.45) is 0 Å². The van der Waals surface area contributed by atoms with E-state index in [0.29, 0.717) is 11.5 Å². The first-order chi connectivity index (χ1) is 12.7. The van der Waals surface area contributed by atoms with E-state index in [9.17, 15) is 4.79 Å². The smallest absolute Gasteiger partial charge is 0.249 e. The molecule has 8 nitrogen and oxygen atoms in total. The van der Waals surface area contributed by atoms with Gasteiger partial charge >= 0.3 is 0 Å². The lowest BCUT2D eigenvalue weighted by molar-refractivity contribution is -0.116. The van der Waals surface area contributed by atoms with Crippen LogP contribution in [0.15, 0.2) is 48.7 Å². The van der Waals surface area contributed by atoms with Gasteiger partial charge in [0.1, 0.15) is 18.1 Å². The fourth-order valence-electron chi connectivity index (χ4n) is 2.81. The molecule has 0 fully saturated rings. The molecule has 130 valence electrons. The molecule has 0 radical (unpaired) electrons. The zero-order valence-corrected chi connectivity index (χ0v) is 14.2. The normalized spacial score (nSPS) is 11.0. The van der Waals surface area contributed by atoms with Crippen LogP contribution in [-0.2, 0) is 17.8 Å². The number of aromatic amines is 1. The van der Waals surface area contributed by atoms with Crippen molar-refractivity contribution < 1.29 is 4.79 Å². The molecule has 1 amide bonds. The fourth-order valence-corrected chi connectivity index (χ4v) is 2.81. The third-order valence-electron chi connectivity index (χ3n) is 4.00. The molecular formula is C18H17N7O. The summed E-state index contributed by atoms with van der Waals surface area (Å²) in [4.78, 5) is 25.5. The lowest BCUT2D eigenvalue weighted by atomic mass is 10.3. The number of rotatable bonds is 5. The SMILES string of the molecule is CCc1nc2ccccc2n1CC(=O)Nc1n[nH]c(-c2ccccn2)n1. The van der Waals surface area contributed by atoms with Gasteiger partial charge < -0.3 is 4.57 Å². The van der Waals surface area contributed by atoms with Gasteiger partial charge in [0.25, 0.3) is 0 Å². The van der Waals surface area contributed by atoms with E-state index in [-0.39, 0.29) is 18.4 Å². The summed E-state index contributed by atoms with van der Waals surface area (Å²) in [5.41, 5.74) is 2.48. The monoisotopic (exact) mass is 347 g/mol. The minimum atomic E-state index is -0.213. The molecule has 1 aromatic carbocycles. The van der Waals surface area contributed by atoms with E-state index < -0.39 is 0 Å². The Kier molecular flexibility index (Phi) is 4.14. The Morgan fingerprint density at radius 1 is 1.15 bits per heavy atom. The van der Waals surface area contributed by atoms with Gasteiger partial charge in [0, 0.05) is 12.6 Å². The second-order valence-electron chi connectivity index (χ2n) is 5.73. The summed E-state index contributed by atoms with van der Waals surface area (Å²) in [5.74, 6) is 1.38. The number of nitrogens with one attached hydrogen (secondary N) is 2. The molecule has 3 aromatic heterocycles. The number of hydrogen-bond donors (Lipinski definition) is 2. The van der Waals surface area contributed by atoms with Crippen LogP contribution < -0.4 is 5.32 Å². The second-order valence-corrected chi connectivity index (χ2v) is 5.73. The molecule has 8 heteroatoms. The summed E-state index contributed by atoms with van der Waals surface area (Å²) in [6.07, 6.45) is 2.42. The molecule has 0 aliphatic rings. The molecule has 0 saturated heterocycles. The largest absolute Gasteiger partial charge is 0.318 e. The van der Waals surface area contributed by atoms with E-state index in [0.717, 1.165) is 23.3 Å². The number of carbonyl (C=O) groups is 1. The number of amides is 1. The lowest BCUT2D eigenvalue weighted by Crippen LogP contribution is -2.20. The summed E-state index contributed by atoms with van der Waals surface area (Å²) < 4.78 is 1.91. The van der Waals surface area contributed by atoms with Crippen LogP contribution in [0.5, 0.6) is 0 Å². The molecule has 2 N–H and O–H groups in total. The maximum absolute atomic E-state index is 12.5. The van der Waals surface area contributed by atoms with E-state index >= 15 is 0 Å². The Morgan fingerprint density at radius 2 is 2.00 bits per heavy atom. The van der Waals surface area contributed by atoms with Gasteiger partial charge in [-0.1, -0.05) is 25.1 Å². The van der Waals surface area contributed by atoms with Crippen LogP contribution in [0.25, 0.3) is 22.6 Å². The van der Waals surface area contributed by atoms with Gasteiger partial charge in [-0.3, -0.25) is 20.2 Å². The van der Waals surface area contributed by atoms with Crippen LogP contribution in [0.4, 0.5) is 5.95 Å². The number of carbonyl (C=O) groups excluding carboxylic acids is 1. The van der Waals surface area contributed by atoms with Crippen molar-refractivity contribution >= 4 is 22.9 Å². The molecule has 0 bridgehead atoms. The number of H-pyrrole nitrogens is 1. The topological polar surface area (TPSA) is 101 Å². The molecule has 0 aliphatic heterocycles. The molecule has 0 atom stereocenters. The first-order valence-electron chi connectivity index (χ1n) is 8.32. The number of aromatic nitrogens is 6. The summed E-state index contributed by atoms with van der Waals surface area (Å²) in [5, 5.41) is 9.53. The molecule has 0 unspecified atom stereocenters. The van der Waals surface area contributed by atoms with Crippen molar-refractivity contribution in [3.8, 4) is 11.5 Å². The third kappa shape index (κ3) is 3.04. The molecule has 4 rings (SSSR count). The Labute approximate surface area is 149 Å². The minimum Gasteiger partial charge on any atom is -0.318 e. The van der Waals surface area contributed by atoms with E-state index in [1.54, 1.807) is 6.20 Å². The van der Waals surface area contributed by atoms with E-state index in [4.69, 9.17) is 0 Å². The van der Waals surface area contributed by atoms with Gasteiger partial charge in [-0.05, 0) is 24.3 Å². The predicted molar refractivity (Wildman–Crippen MR) is 97.4 cm³/mol. The predicted octanol–water partition coefficient (Wildman–Crippen LogP) is 2.42. The van der Waals surface area contributed by atoms with Crippen molar-refractivity contribution in [2.45, 2.75) is 19.9 Å². The van der Waals surface area contributed by atoms with Crippen LogP contribution in [0, 0.1) is 0 Å². The van der Waals surface area contributed by atoms with Gasteiger partial charge in [0.05, 0.1) is 11.0 Å². The highest BCUT2D eigenvalue weighted by atomic mass is 16.2. The first kappa shape index (κ1) is 15.9. The summed E-state index contributed by atoms with van der Waals surface area (Å²) in [6, 6.07) is 13.3. The number of hydrogen-bond acceptors (Lipinski definition) is 5. The quantitative estimate of drug-likeness (QED) is 0.577. The number of aryl methyl sites for hydroxylation is 1. The number of fused-ring (bicyclic) bond motifs is 1. The fraction of sp³-hybridized carbons (Fsp3) is 0.167. The molecule has 4 aromatic rings. The molecular weight excluding hydrogens is 330 g/mol. The molecule has 3 heterocycles. The van der Waals surface area contributed by atoms with Crippen molar-refractivity contribution in [2.75, 3.05) is 5.32 Å². The minimum absolute atomic E-state index is 0.150. The van der Waals surface area contributed by atoms with Gasteiger partial charge in [-0.25, -0.2) is 4.98 Å². The van der Waals surface area contributed by atoms with Gasteiger partial charge in [0.2, 0.25) is 11.9 Å². The molecule has 0 spiro atoms. The molecule has 26 heavy (non-hydrogen) atoms. The average Bonchev–Trinajstić information content (AvgIpc) is 3.27. The Bertz CT molecular complexity index is 1050. The maximum Gasteiger partial charge on any atom is 0.249 e. The molecule has 0 aliphatic carbocycles. The Morgan fingerprint density at radius 3 is 2.81 bits per heavy atom. The van der Waals surface area contributed by atoms with E-state index in [2.05, 4.69) is 30.5 Å². The highest BCUT2D eigenvalue weighted by Gasteiger charge is 2.14. The van der Waals surface area contributed by atoms with Crippen molar-refractivity contribution in [3.05, 3.63) is 54.5 Å². The van der Waals surface area contributed by atoms with Crippen LogP contribution in [0.3, 0.4) is 0 Å². The average molecular weight is 347 g/mol.